The Balaban J connectivity index is 1.31. The van der Waals surface area contributed by atoms with Crippen LogP contribution in [-0.4, -0.2) is 29.9 Å². The van der Waals surface area contributed by atoms with E-state index >= 15 is 0 Å². The van der Waals surface area contributed by atoms with Crippen molar-refractivity contribution in [1.29, 1.82) is 0 Å². The van der Waals surface area contributed by atoms with Gasteiger partial charge in [0.1, 0.15) is 0 Å². The summed E-state index contributed by atoms with van der Waals surface area (Å²) in [5.74, 6) is 0. The summed E-state index contributed by atoms with van der Waals surface area (Å²) in [6.07, 6.45) is 3.59. The summed E-state index contributed by atoms with van der Waals surface area (Å²) in [4.78, 5) is 25.9. The number of pyridine rings is 4. The molecule has 0 saturated heterocycles. The fourth-order valence-electron chi connectivity index (χ4n) is 4.50. The van der Waals surface area contributed by atoms with Gasteiger partial charge in [-0.2, -0.15) is 0 Å². The molecule has 0 amide bonds. The van der Waals surface area contributed by atoms with Gasteiger partial charge in [-0.3, -0.25) is 9.97 Å². The normalized spacial score (nSPS) is 11.3. The Morgan fingerprint density at radius 3 is 1.22 bits per heavy atom. The summed E-state index contributed by atoms with van der Waals surface area (Å²) < 4.78 is 0. The summed E-state index contributed by atoms with van der Waals surface area (Å²) in [5, 5.41) is 2.10. The molecule has 7 aromatic rings. The molecule has 6 aromatic heterocycles. The van der Waals surface area contributed by atoms with Crippen molar-refractivity contribution in [2.45, 2.75) is 0 Å². The van der Waals surface area contributed by atoms with Crippen LogP contribution in [0.3, 0.4) is 0 Å². The number of fused-ring (bicyclic) bond motifs is 3. The molecule has 7 rings (SSSR count). The molecule has 0 aliphatic rings. The quantitative estimate of drug-likeness (QED) is 0.278. The number of aromatic amines is 2. The van der Waals surface area contributed by atoms with E-state index in [-0.39, 0.29) is 0 Å². The van der Waals surface area contributed by atoms with Crippen molar-refractivity contribution < 1.29 is 0 Å². The van der Waals surface area contributed by atoms with E-state index in [2.05, 4.69) is 44.2 Å². The third kappa shape index (κ3) is 3.52. The lowest BCUT2D eigenvalue weighted by molar-refractivity contribution is 1.26. The second kappa shape index (κ2) is 8.29. The van der Waals surface area contributed by atoms with E-state index in [1.54, 1.807) is 12.4 Å². The summed E-state index contributed by atoms with van der Waals surface area (Å²) >= 11 is 0. The van der Waals surface area contributed by atoms with Crippen LogP contribution in [0.4, 0.5) is 0 Å². The Bertz CT molecular complexity index is 1700. The van der Waals surface area contributed by atoms with Gasteiger partial charge in [-0.25, -0.2) is 9.97 Å². The third-order valence-corrected chi connectivity index (χ3v) is 6.33. The molecule has 0 radical (unpaired) electrons. The SMILES string of the molecule is c1ccc(-c2ccc(-c3ccc4ccc5ccc(-c6ccc(-c7ccccn7)[nH]6)nc5c4n3)[nH]2)nc1. The third-order valence-electron chi connectivity index (χ3n) is 6.33. The second-order valence-corrected chi connectivity index (χ2v) is 8.60. The fraction of sp³-hybridized carbons (Fsp3) is 0. The van der Waals surface area contributed by atoms with Crippen LogP contribution in [0.2, 0.25) is 0 Å². The fourth-order valence-corrected chi connectivity index (χ4v) is 4.50. The minimum Gasteiger partial charge on any atom is -0.352 e. The van der Waals surface area contributed by atoms with Gasteiger partial charge in [0.05, 0.1) is 56.6 Å². The highest BCUT2D eigenvalue weighted by Crippen LogP contribution is 2.30. The topological polar surface area (TPSA) is 83.1 Å². The number of hydrogen-bond acceptors (Lipinski definition) is 4. The number of nitrogens with zero attached hydrogens (tertiary/aromatic N) is 4. The summed E-state index contributed by atoms with van der Waals surface area (Å²) in [7, 11) is 0. The van der Waals surface area contributed by atoms with E-state index in [0.29, 0.717) is 0 Å². The molecule has 170 valence electrons. The first kappa shape index (κ1) is 20.3. The van der Waals surface area contributed by atoms with E-state index in [9.17, 15) is 0 Å². The van der Waals surface area contributed by atoms with Crippen molar-refractivity contribution in [3.8, 4) is 45.6 Å². The predicted molar refractivity (Wildman–Crippen MR) is 143 cm³/mol. The first-order chi connectivity index (χ1) is 17.8. The molecule has 0 spiro atoms. The summed E-state index contributed by atoms with van der Waals surface area (Å²) in [6.45, 7) is 0. The van der Waals surface area contributed by atoms with Crippen molar-refractivity contribution in [2.75, 3.05) is 0 Å². The Kier molecular flexibility index (Phi) is 4.67. The van der Waals surface area contributed by atoms with Gasteiger partial charge in [0.25, 0.3) is 0 Å². The van der Waals surface area contributed by atoms with Crippen molar-refractivity contribution in [3.63, 3.8) is 0 Å². The average Bonchev–Trinajstić information content (AvgIpc) is 3.64. The molecule has 0 aliphatic carbocycles. The lowest BCUT2D eigenvalue weighted by Gasteiger charge is -2.07. The van der Waals surface area contributed by atoms with Crippen molar-refractivity contribution >= 4 is 21.8 Å². The molecule has 36 heavy (non-hydrogen) atoms. The molecule has 0 fully saturated rings. The Morgan fingerprint density at radius 1 is 0.389 bits per heavy atom. The van der Waals surface area contributed by atoms with Gasteiger partial charge in [0.2, 0.25) is 0 Å². The highest BCUT2D eigenvalue weighted by atomic mass is 14.9. The van der Waals surface area contributed by atoms with Crippen LogP contribution >= 0.6 is 0 Å². The zero-order valence-corrected chi connectivity index (χ0v) is 19.2. The van der Waals surface area contributed by atoms with Crippen LogP contribution in [0.15, 0.2) is 109 Å². The number of rotatable bonds is 4. The maximum Gasteiger partial charge on any atom is 0.0973 e. The number of benzene rings is 1. The minimum absolute atomic E-state index is 0.863. The molecule has 0 saturated carbocycles. The smallest absolute Gasteiger partial charge is 0.0973 e. The van der Waals surface area contributed by atoms with Gasteiger partial charge in [0.15, 0.2) is 0 Å². The number of hydrogen-bond donors (Lipinski definition) is 2. The highest BCUT2D eigenvalue weighted by Gasteiger charge is 2.12. The van der Waals surface area contributed by atoms with Crippen LogP contribution in [0.1, 0.15) is 0 Å². The van der Waals surface area contributed by atoms with E-state index in [0.717, 1.165) is 67.4 Å². The van der Waals surface area contributed by atoms with Crippen molar-refractivity contribution in [1.82, 2.24) is 29.9 Å². The maximum atomic E-state index is 5.03. The molecule has 6 nitrogen and oxygen atoms in total. The number of aromatic nitrogens is 6. The first-order valence-corrected chi connectivity index (χ1v) is 11.7. The van der Waals surface area contributed by atoms with Gasteiger partial charge in [-0.1, -0.05) is 36.4 Å². The molecule has 0 aliphatic heterocycles. The molecule has 0 bridgehead atoms. The zero-order valence-electron chi connectivity index (χ0n) is 19.2. The largest absolute Gasteiger partial charge is 0.352 e. The standard InChI is InChI=1S/C30H20N6/c1-3-17-31-21(5-1)23-13-15-25(33-23)27-11-9-19-7-8-20-10-12-28(36-30(20)29(19)35-27)26-16-14-24(34-26)22-6-2-4-18-32-22/h1-18,33-34H. The first-order valence-electron chi connectivity index (χ1n) is 11.7. The lowest BCUT2D eigenvalue weighted by Crippen LogP contribution is -1.91. The van der Waals surface area contributed by atoms with E-state index in [1.165, 1.54) is 0 Å². The van der Waals surface area contributed by atoms with Crippen LogP contribution in [-0.2, 0) is 0 Å². The van der Waals surface area contributed by atoms with E-state index in [1.807, 2.05) is 72.8 Å². The molecule has 6 heterocycles. The van der Waals surface area contributed by atoms with Gasteiger partial charge >= 0.3 is 0 Å². The van der Waals surface area contributed by atoms with Crippen LogP contribution in [0.5, 0.6) is 0 Å². The molecule has 6 heteroatoms. The van der Waals surface area contributed by atoms with Crippen LogP contribution in [0.25, 0.3) is 67.4 Å². The molecule has 0 unspecified atom stereocenters. The predicted octanol–water partition coefficient (Wildman–Crippen LogP) is 6.90. The number of H-pyrrole nitrogens is 2. The molecule has 1 aromatic carbocycles. The highest BCUT2D eigenvalue weighted by molar-refractivity contribution is 6.04. The zero-order chi connectivity index (χ0) is 23.9. The minimum atomic E-state index is 0.863. The summed E-state index contributed by atoms with van der Waals surface area (Å²) in [6, 6.07) is 32.4. The molecular formula is C30H20N6. The van der Waals surface area contributed by atoms with Gasteiger partial charge in [-0.05, 0) is 60.7 Å². The van der Waals surface area contributed by atoms with Gasteiger partial charge in [0, 0.05) is 23.2 Å². The van der Waals surface area contributed by atoms with E-state index < -0.39 is 0 Å². The molecule has 0 atom stereocenters. The maximum absolute atomic E-state index is 5.03. The van der Waals surface area contributed by atoms with E-state index in [4.69, 9.17) is 9.97 Å². The average molecular weight is 465 g/mol. The van der Waals surface area contributed by atoms with Crippen molar-refractivity contribution in [3.05, 3.63) is 109 Å². The lowest BCUT2D eigenvalue weighted by atomic mass is 10.1. The number of nitrogens with one attached hydrogen (secondary N) is 2. The molecule has 2 N–H and O–H groups in total. The molecular weight excluding hydrogens is 444 g/mol. The Labute approximate surface area is 206 Å². The van der Waals surface area contributed by atoms with Crippen LogP contribution < -0.4 is 0 Å². The van der Waals surface area contributed by atoms with Crippen molar-refractivity contribution in [2.24, 2.45) is 0 Å². The Morgan fingerprint density at radius 2 is 0.806 bits per heavy atom. The summed E-state index contributed by atoms with van der Waals surface area (Å²) in [5.41, 5.74) is 9.07. The monoisotopic (exact) mass is 464 g/mol. The second-order valence-electron chi connectivity index (χ2n) is 8.60. The van der Waals surface area contributed by atoms with Gasteiger partial charge < -0.3 is 9.97 Å². The van der Waals surface area contributed by atoms with Crippen LogP contribution in [0, 0.1) is 0 Å². The van der Waals surface area contributed by atoms with Gasteiger partial charge in [-0.15, -0.1) is 0 Å². The Hall–Kier alpha value is -5.10.